The number of fused-ring (bicyclic) bond motifs is 1. The van der Waals surface area contributed by atoms with Crippen LogP contribution >= 0.6 is 23.1 Å². The third-order valence-corrected chi connectivity index (χ3v) is 6.04. The van der Waals surface area contributed by atoms with Gasteiger partial charge < -0.3 is 14.6 Å². The second-order valence-corrected chi connectivity index (χ2v) is 8.31. The average molecular weight is 430 g/mol. The van der Waals surface area contributed by atoms with Gasteiger partial charge in [-0.2, -0.15) is 4.99 Å². The molecule has 0 spiro atoms. The standard InChI is InChI=1S/C21H23N3O3S2/c1-14(25)22-16-6-9-18-19(13-16)29-21(24(18)10-11-27-2)23-20(26)12-15-4-7-17(28-3)8-5-15/h4-9,13H,10-12H2,1-3H3,(H,22,25). The third kappa shape index (κ3) is 5.56. The number of thiazole rings is 1. The molecule has 0 aliphatic rings. The number of anilines is 1. The molecule has 2 aromatic carbocycles. The van der Waals surface area contributed by atoms with E-state index in [1.807, 2.05) is 53.3 Å². The maximum atomic E-state index is 12.6. The average Bonchev–Trinajstić information content (AvgIpc) is 3.02. The Morgan fingerprint density at radius 1 is 1.21 bits per heavy atom. The Morgan fingerprint density at radius 3 is 2.62 bits per heavy atom. The minimum absolute atomic E-state index is 0.124. The molecule has 0 fully saturated rings. The number of carbonyl (C=O) groups is 2. The highest BCUT2D eigenvalue weighted by Gasteiger charge is 2.10. The molecule has 0 saturated carbocycles. The Morgan fingerprint density at radius 2 is 1.97 bits per heavy atom. The summed E-state index contributed by atoms with van der Waals surface area (Å²) in [7, 11) is 1.64. The first kappa shape index (κ1) is 21.3. The van der Waals surface area contributed by atoms with Crippen LogP contribution in [-0.4, -0.2) is 36.4 Å². The van der Waals surface area contributed by atoms with Gasteiger partial charge in [0.05, 0.1) is 23.2 Å². The second-order valence-electron chi connectivity index (χ2n) is 6.42. The summed E-state index contributed by atoms with van der Waals surface area (Å²) in [6.07, 6.45) is 2.28. The van der Waals surface area contributed by atoms with Gasteiger partial charge in [0.2, 0.25) is 5.91 Å². The number of thioether (sulfide) groups is 1. The molecule has 8 heteroatoms. The van der Waals surface area contributed by atoms with E-state index in [0.717, 1.165) is 26.4 Å². The zero-order chi connectivity index (χ0) is 20.8. The summed E-state index contributed by atoms with van der Waals surface area (Å²) in [5.41, 5.74) is 2.61. The van der Waals surface area contributed by atoms with E-state index in [9.17, 15) is 9.59 Å². The molecule has 2 amide bonds. The van der Waals surface area contributed by atoms with E-state index in [1.54, 1.807) is 18.9 Å². The molecule has 1 aromatic heterocycles. The SMILES string of the molecule is COCCn1c(=NC(=O)Cc2ccc(SC)cc2)sc2cc(NC(C)=O)ccc21. The second kappa shape index (κ2) is 9.87. The van der Waals surface area contributed by atoms with E-state index in [0.29, 0.717) is 18.0 Å². The molecule has 152 valence electrons. The van der Waals surface area contributed by atoms with Gasteiger partial charge in [-0.15, -0.1) is 11.8 Å². The van der Waals surface area contributed by atoms with Gasteiger partial charge in [-0.3, -0.25) is 9.59 Å². The lowest BCUT2D eigenvalue weighted by atomic mass is 10.1. The number of methoxy groups -OCH3 is 1. The fraction of sp³-hybridized carbons (Fsp3) is 0.286. The lowest BCUT2D eigenvalue weighted by Crippen LogP contribution is -2.19. The van der Waals surface area contributed by atoms with Crippen molar-refractivity contribution in [1.29, 1.82) is 0 Å². The van der Waals surface area contributed by atoms with Crippen molar-refractivity contribution in [3.63, 3.8) is 0 Å². The molecular formula is C21H23N3O3S2. The van der Waals surface area contributed by atoms with Crippen LogP contribution in [0.2, 0.25) is 0 Å². The van der Waals surface area contributed by atoms with Crippen LogP contribution in [-0.2, 0) is 27.3 Å². The van der Waals surface area contributed by atoms with Gasteiger partial charge >= 0.3 is 0 Å². The Bertz CT molecular complexity index is 1080. The Hall–Kier alpha value is -2.42. The van der Waals surface area contributed by atoms with Gasteiger partial charge in [-0.05, 0) is 42.2 Å². The zero-order valence-corrected chi connectivity index (χ0v) is 18.2. The third-order valence-electron chi connectivity index (χ3n) is 4.26. The van der Waals surface area contributed by atoms with Gasteiger partial charge in [-0.1, -0.05) is 23.5 Å². The maximum absolute atomic E-state index is 12.6. The summed E-state index contributed by atoms with van der Waals surface area (Å²) in [6.45, 7) is 2.57. The number of hydrogen-bond donors (Lipinski definition) is 1. The minimum atomic E-state index is -0.193. The number of ether oxygens (including phenoxy) is 1. The van der Waals surface area contributed by atoms with E-state index < -0.39 is 0 Å². The van der Waals surface area contributed by atoms with E-state index in [-0.39, 0.29) is 18.2 Å². The first-order valence-electron chi connectivity index (χ1n) is 9.10. The Balaban J connectivity index is 1.93. The molecule has 1 N–H and O–H groups in total. The van der Waals surface area contributed by atoms with Crippen LogP contribution in [0.15, 0.2) is 52.4 Å². The highest BCUT2D eigenvalue weighted by molar-refractivity contribution is 7.98. The van der Waals surface area contributed by atoms with Crippen molar-refractivity contribution in [2.75, 3.05) is 25.3 Å². The number of nitrogens with zero attached hydrogens (tertiary/aromatic N) is 2. The van der Waals surface area contributed by atoms with Crippen molar-refractivity contribution in [1.82, 2.24) is 4.57 Å². The lowest BCUT2D eigenvalue weighted by molar-refractivity contribution is -0.117. The molecule has 0 radical (unpaired) electrons. The molecular weight excluding hydrogens is 406 g/mol. The minimum Gasteiger partial charge on any atom is -0.383 e. The molecule has 6 nitrogen and oxygen atoms in total. The van der Waals surface area contributed by atoms with Gasteiger partial charge in [0.25, 0.3) is 5.91 Å². The van der Waals surface area contributed by atoms with Crippen LogP contribution in [0, 0.1) is 0 Å². The number of nitrogens with one attached hydrogen (secondary N) is 1. The molecule has 3 aromatic rings. The highest BCUT2D eigenvalue weighted by atomic mass is 32.2. The number of aromatic nitrogens is 1. The molecule has 29 heavy (non-hydrogen) atoms. The molecule has 0 unspecified atom stereocenters. The first-order valence-corrected chi connectivity index (χ1v) is 11.1. The fourth-order valence-electron chi connectivity index (χ4n) is 2.90. The number of benzene rings is 2. The molecule has 3 rings (SSSR count). The Labute approximate surface area is 177 Å². The van der Waals surface area contributed by atoms with Crippen molar-refractivity contribution in [2.24, 2.45) is 4.99 Å². The predicted molar refractivity (Wildman–Crippen MR) is 118 cm³/mol. The van der Waals surface area contributed by atoms with E-state index in [4.69, 9.17) is 4.74 Å². The highest BCUT2D eigenvalue weighted by Crippen LogP contribution is 2.22. The normalized spacial score (nSPS) is 11.8. The first-order chi connectivity index (χ1) is 14.0. The van der Waals surface area contributed by atoms with Crippen LogP contribution in [0.25, 0.3) is 10.2 Å². The number of rotatable bonds is 7. The summed E-state index contributed by atoms with van der Waals surface area (Å²) >= 11 is 3.09. The van der Waals surface area contributed by atoms with Crippen LogP contribution < -0.4 is 10.1 Å². The van der Waals surface area contributed by atoms with Gasteiger partial charge in [0, 0.05) is 31.2 Å². The summed E-state index contributed by atoms with van der Waals surface area (Å²) in [5.74, 6) is -0.317. The van der Waals surface area contributed by atoms with Crippen molar-refractivity contribution >= 4 is 50.8 Å². The summed E-state index contributed by atoms with van der Waals surface area (Å²) in [4.78, 5) is 30.1. The monoisotopic (exact) mass is 429 g/mol. The largest absolute Gasteiger partial charge is 0.383 e. The van der Waals surface area contributed by atoms with E-state index >= 15 is 0 Å². The van der Waals surface area contributed by atoms with Gasteiger partial charge in [0.1, 0.15) is 0 Å². The molecule has 1 heterocycles. The summed E-state index contributed by atoms with van der Waals surface area (Å²) in [6, 6.07) is 13.6. The summed E-state index contributed by atoms with van der Waals surface area (Å²) in [5, 5.41) is 2.79. The Kier molecular flexibility index (Phi) is 7.24. The summed E-state index contributed by atoms with van der Waals surface area (Å²) < 4.78 is 8.15. The predicted octanol–water partition coefficient (Wildman–Crippen LogP) is 3.70. The van der Waals surface area contributed by atoms with E-state index in [2.05, 4.69) is 10.3 Å². The van der Waals surface area contributed by atoms with Crippen molar-refractivity contribution in [2.45, 2.75) is 24.8 Å². The van der Waals surface area contributed by atoms with Crippen molar-refractivity contribution in [3.8, 4) is 0 Å². The number of carbonyl (C=O) groups excluding carboxylic acids is 2. The van der Waals surface area contributed by atoms with E-state index in [1.165, 1.54) is 18.3 Å². The number of hydrogen-bond acceptors (Lipinski definition) is 5. The molecule has 0 aliphatic carbocycles. The van der Waals surface area contributed by atoms with Crippen LogP contribution in [0.1, 0.15) is 12.5 Å². The molecule has 0 atom stereocenters. The van der Waals surface area contributed by atoms with Gasteiger partial charge in [0.15, 0.2) is 4.80 Å². The smallest absolute Gasteiger partial charge is 0.252 e. The topological polar surface area (TPSA) is 72.7 Å². The zero-order valence-electron chi connectivity index (χ0n) is 16.6. The van der Waals surface area contributed by atoms with Crippen LogP contribution in [0.4, 0.5) is 5.69 Å². The fourth-order valence-corrected chi connectivity index (χ4v) is 4.42. The lowest BCUT2D eigenvalue weighted by Gasteiger charge is -2.05. The van der Waals surface area contributed by atoms with Crippen LogP contribution in [0.5, 0.6) is 0 Å². The van der Waals surface area contributed by atoms with Gasteiger partial charge in [-0.25, -0.2) is 0 Å². The van der Waals surface area contributed by atoms with Crippen molar-refractivity contribution < 1.29 is 14.3 Å². The van der Waals surface area contributed by atoms with Crippen LogP contribution in [0.3, 0.4) is 0 Å². The molecule has 0 bridgehead atoms. The quantitative estimate of drug-likeness (QED) is 0.581. The van der Waals surface area contributed by atoms with Crippen molar-refractivity contribution in [3.05, 3.63) is 52.8 Å². The maximum Gasteiger partial charge on any atom is 0.252 e. The number of amides is 2. The molecule has 0 aliphatic heterocycles. The molecule has 0 saturated heterocycles.